The van der Waals surface area contributed by atoms with Crippen molar-refractivity contribution in [3.05, 3.63) is 75.7 Å². The number of ether oxygens (including phenoxy) is 1. The van der Waals surface area contributed by atoms with E-state index in [1.807, 2.05) is 6.07 Å². The van der Waals surface area contributed by atoms with E-state index < -0.39 is 22.6 Å². The normalized spacial score (nSPS) is 15.3. The van der Waals surface area contributed by atoms with Gasteiger partial charge in [-0.2, -0.15) is 0 Å². The van der Waals surface area contributed by atoms with E-state index in [4.69, 9.17) is 4.74 Å². The van der Waals surface area contributed by atoms with Crippen LogP contribution in [0.2, 0.25) is 0 Å². The van der Waals surface area contributed by atoms with Crippen LogP contribution in [0, 0.1) is 24.0 Å². The summed E-state index contributed by atoms with van der Waals surface area (Å²) in [6.45, 7) is 6.55. The van der Waals surface area contributed by atoms with E-state index in [9.17, 15) is 17.8 Å². The Morgan fingerprint density at radius 1 is 1.06 bits per heavy atom. The van der Waals surface area contributed by atoms with Gasteiger partial charge in [-0.05, 0) is 55.2 Å². The maximum atomic E-state index is 14.3. The third-order valence-electron chi connectivity index (χ3n) is 5.46. The van der Waals surface area contributed by atoms with Crippen molar-refractivity contribution in [2.24, 2.45) is 5.41 Å². The molecule has 1 aliphatic rings. The molecule has 1 N–H and O–H groups in total. The molecule has 8 heteroatoms. The summed E-state index contributed by atoms with van der Waals surface area (Å²) in [5.41, 5.74) is 3.31. The van der Waals surface area contributed by atoms with E-state index in [1.165, 1.54) is 12.3 Å². The van der Waals surface area contributed by atoms with E-state index >= 15 is 0 Å². The SMILES string of the molecule is Cc1cc(-c2cc(NS(C)=O)ccc2Oc2ccc(F)cc2F)c2n(c1=O)CC(C)(C)C2. The van der Waals surface area contributed by atoms with Crippen molar-refractivity contribution in [1.82, 2.24) is 4.57 Å². The Morgan fingerprint density at radius 3 is 2.47 bits per heavy atom. The number of fused-ring (bicyclic) bond motifs is 1. The molecule has 0 bridgehead atoms. The molecule has 168 valence electrons. The fraction of sp³-hybridized carbons (Fsp3) is 0.292. The lowest BCUT2D eigenvalue weighted by Gasteiger charge is -2.17. The summed E-state index contributed by atoms with van der Waals surface area (Å²) in [4.78, 5) is 12.8. The molecule has 1 aliphatic heterocycles. The smallest absolute Gasteiger partial charge is 0.253 e. The minimum absolute atomic E-state index is 0.0367. The largest absolute Gasteiger partial charge is 0.454 e. The highest BCUT2D eigenvalue weighted by atomic mass is 32.2. The fourth-order valence-corrected chi connectivity index (χ4v) is 4.56. The molecule has 0 amide bonds. The summed E-state index contributed by atoms with van der Waals surface area (Å²) in [6, 6.07) is 10.0. The fourth-order valence-electron chi connectivity index (χ4n) is 4.11. The summed E-state index contributed by atoms with van der Waals surface area (Å²) >= 11 is 0. The Morgan fingerprint density at radius 2 is 1.78 bits per heavy atom. The number of halogens is 2. The van der Waals surface area contributed by atoms with Crippen LogP contribution in [-0.4, -0.2) is 15.0 Å². The number of aryl methyl sites for hydroxylation is 1. The average Bonchev–Trinajstić information content (AvgIpc) is 3.03. The van der Waals surface area contributed by atoms with Crippen LogP contribution in [0.3, 0.4) is 0 Å². The van der Waals surface area contributed by atoms with E-state index in [1.54, 1.807) is 29.7 Å². The molecule has 0 radical (unpaired) electrons. The van der Waals surface area contributed by atoms with Gasteiger partial charge in [0.1, 0.15) is 22.6 Å². The molecule has 0 saturated carbocycles. The number of anilines is 1. The van der Waals surface area contributed by atoms with Gasteiger partial charge in [-0.25, -0.2) is 13.0 Å². The van der Waals surface area contributed by atoms with Crippen molar-refractivity contribution < 1.29 is 17.7 Å². The van der Waals surface area contributed by atoms with Crippen LogP contribution in [0.4, 0.5) is 14.5 Å². The lowest BCUT2D eigenvalue weighted by atomic mass is 9.89. The number of nitrogens with one attached hydrogen (secondary N) is 1. The van der Waals surface area contributed by atoms with Gasteiger partial charge in [0.15, 0.2) is 11.6 Å². The second-order valence-electron chi connectivity index (χ2n) is 8.86. The zero-order valence-electron chi connectivity index (χ0n) is 18.3. The van der Waals surface area contributed by atoms with Crippen LogP contribution in [0.15, 0.2) is 47.3 Å². The molecule has 0 saturated heterocycles. The lowest BCUT2D eigenvalue weighted by Crippen LogP contribution is -2.24. The van der Waals surface area contributed by atoms with Crippen molar-refractivity contribution in [3.63, 3.8) is 0 Å². The van der Waals surface area contributed by atoms with Crippen LogP contribution in [0.5, 0.6) is 11.5 Å². The van der Waals surface area contributed by atoms with Crippen molar-refractivity contribution in [1.29, 1.82) is 0 Å². The summed E-state index contributed by atoms with van der Waals surface area (Å²) < 4.78 is 49.9. The van der Waals surface area contributed by atoms with Gasteiger partial charge in [0.25, 0.3) is 5.56 Å². The van der Waals surface area contributed by atoms with E-state index in [0.29, 0.717) is 35.5 Å². The first kappa shape index (κ1) is 22.2. The average molecular weight is 459 g/mol. The van der Waals surface area contributed by atoms with E-state index in [2.05, 4.69) is 18.6 Å². The first-order valence-corrected chi connectivity index (χ1v) is 11.7. The number of hydrogen-bond donors (Lipinski definition) is 1. The second kappa shape index (κ2) is 8.16. The third kappa shape index (κ3) is 4.32. The van der Waals surface area contributed by atoms with E-state index in [-0.39, 0.29) is 16.7 Å². The standard InChI is InChI=1S/C24H24F2N2O3S/c1-14-9-17(20-12-24(2,3)13-28(20)23(14)29)18-11-16(27-32(4)30)6-8-21(18)31-22-7-5-15(25)10-19(22)26/h5-11,27H,12-13H2,1-4H3. The van der Waals surface area contributed by atoms with Gasteiger partial charge < -0.3 is 14.0 Å². The van der Waals surface area contributed by atoms with Gasteiger partial charge in [0, 0.05) is 46.9 Å². The van der Waals surface area contributed by atoms with Crippen LogP contribution in [0.1, 0.15) is 25.1 Å². The molecule has 32 heavy (non-hydrogen) atoms. The Bertz CT molecular complexity index is 1300. The molecule has 2 aromatic carbocycles. The molecular weight excluding hydrogens is 434 g/mol. The quantitative estimate of drug-likeness (QED) is 0.573. The maximum Gasteiger partial charge on any atom is 0.253 e. The van der Waals surface area contributed by atoms with Gasteiger partial charge >= 0.3 is 0 Å². The molecule has 1 atom stereocenters. The van der Waals surface area contributed by atoms with Crippen molar-refractivity contribution in [2.45, 2.75) is 33.7 Å². The molecule has 0 spiro atoms. The minimum atomic E-state index is -1.30. The van der Waals surface area contributed by atoms with Gasteiger partial charge in [-0.1, -0.05) is 13.8 Å². The van der Waals surface area contributed by atoms with Crippen LogP contribution < -0.4 is 15.0 Å². The second-order valence-corrected chi connectivity index (χ2v) is 9.98. The van der Waals surface area contributed by atoms with Gasteiger partial charge in [0.05, 0.1) is 0 Å². The topological polar surface area (TPSA) is 60.3 Å². The number of pyridine rings is 1. The molecule has 0 fully saturated rings. The third-order valence-corrected chi connectivity index (χ3v) is 5.98. The number of rotatable bonds is 5. The Hall–Kier alpha value is -3.00. The number of hydrogen-bond acceptors (Lipinski definition) is 3. The molecule has 0 aliphatic carbocycles. The van der Waals surface area contributed by atoms with E-state index in [0.717, 1.165) is 23.4 Å². The highest BCUT2D eigenvalue weighted by molar-refractivity contribution is 7.85. The number of aromatic nitrogens is 1. The van der Waals surface area contributed by atoms with Gasteiger partial charge in [-0.15, -0.1) is 0 Å². The minimum Gasteiger partial charge on any atom is -0.454 e. The van der Waals surface area contributed by atoms with Crippen LogP contribution >= 0.6 is 0 Å². The predicted octanol–water partition coefficient (Wildman–Crippen LogP) is 5.18. The molecule has 1 unspecified atom stereocenters. The van der Waals surface area contributed by atoms with Crippen molar-refractivity contribution in [2.75, 3.05) is 11.0 Å². The predicted molar refractivity (Wildman–Crippen MR) is 122 cm³/mol. The summed E-state index contributed by atoms with van der Waals surface area (Å²) in [7, 11) is -1.30. The molecule has 1 aromatic heterocycles. The monoisotopic (exact) mass is 458 g/mol. The highest BCUT2D eigenvalue weighted by Gasteiger charge is 2.32. The van der Waals surface area contributed by atoms with Crippen molar-refractivity contribution in [3.8, 4) is 22.6 Å². The lowest BCUT2D eigenvalue weighted by molar-refractivity contribution is 0.357. The zero-order chi connectivity index (χ0) is 23.2. The highest BCUT2D eigenvalue weighted by Crippen LogP contribution is 2.42. The molecule has 5 nitrogen and oxygen atoms in total. The zero-order valence-corrected chi connectivity index (χ0v) is 19.1. The Kier molecular flexibility index (Phi) is 5.67. The summed E-state index contributed by atoms with van der Waals surface area (Å²) in [6.07, 6.45) is 2.20. The molecule has 4 rings (SSSR count). The molecular formula is C24H24F2N2O3S. The first-order valence-electron chi connectivity index (χ1n) is 10.1. The van der Waals surface area contributed by atoms with Crippen molar-refractivity contribution >= 4 is 16.7 Å². The van der Waals surface area contributed by atoms with Crippen LogP contribution in [-0.2, 0) is 24.0 Å². The van der Waals surface area contributed by atoms with Crippen LogP contribution in [0.25, 0.3) is 11.1 Å². The Balaban J connectivity index is 1.91. The number of nitrogens with zero attached hydrogens (tertiary/aromatic N) is 1. The molecule has 3 aromatic rings. The Labute approximate surface area is 187 Å². The molecule has 2 heterocycles. The van der Waals surface area contributed by atoms with Gasteiger partial charge in [-0.3, -0.25) is 4.79 Å². The maximum absolute atomic E-state index is 14.3. The van der Waals surface area contributed by atoms with Gasteiger partial charge in [0.2, 0.25) is 0 Å². The summed E-state index contributed by atoms with van der Waals surface area (Å²) in [5, 5.41) is 0. The number of benzene rings is 2. The first-order chi connectivity index (χ1) is 15.0. The summed E-state index contributed by atoms with van der Waals surface area (Å²) in [5.74, 6) is -1.29.